The van der Waals surface area contributed by atoms with E-state index in [1.54, 1.807) is 29.7 Å². The molecule has 0 aliphatic carbocycles. The number of rotatable bonds is 4. The lowest BCUT2D eigenvalue weighted by molar-refractivity contribution is 0.630. The highest BCUT2D eigenvalue weighted by atomic mass is 35.5. The largest absolute Gasteiger partial charge is 0.378 e. The molecule has 1 aromatic carbocycles. The van der Waals surface area contributed by atoms with Crippen molar-refractivity contribution in [2.45, 2.75) is 6.54 Å². The van der Waals surface area contributed by atoms with Crippen LogP contribution >= 0.6 is 22.9 Å². The van der Waals surface area contributed by atoms with Crippen LogP contribution in [0.25, 0.3) is 10.6 Å². The van der Waals surface area contributed by atoms with Crippen LogP contribution in [0.15, 0.2) is 41.9 Å². The van der Waals surface area contributed by atoms with Gasteiger partial charge < -0.3 is 5.32 Å². The summed E-state index contributed by atoms with van der Waals surface area (Å²) in [6.45, 7) is 0.488. The normalized spacial score (nSPS) is 10.7. The minimum Gasteiger partial charge on any atom is -0.378 e. The smallest absolute Gasteiger partial charge is 0.147 e. The first-order valence-electron chi connectivity index (χ1n) is 5.99. The molecule has 0 atom stereocenters. The Balaban J connectivity index is 1.78. The number of hydrogen-bond acceptors (Lipinski definition) is 3. The summed E-state index contributed by atoms with van der Waals surface area (Å²) >= 11 is 7.36. The summed E-state index contributed by atoms with van der Waals surface area (Å²) in [6, 6.07) is 8.58. The Labute approximate surface area is 124 Å². The van der Waals surface area contributed by atoms with Crippen LogP contribution in [-0.4, -0.2) is 10.2 Å². The molecule has 0 amide bonds. The molecule has 102 valence electrons. The van der Waals surface area contributed by atoms with Crippen molar-refractivity contribution in [1.29, 1.82) is 0 Å². The molecule has 0 saturated heterocycles. The Hall–Kier alpha value is -1.85. The first kappa shape index (κ1) is 13.1. The van der Waals surface area contributed by atoms with E-state index < -0.39 is 0 Å². The van der Waals surface area contributed by atoms with E-state index in [9.17, 15) is 4.39 Å². The van der Waals surface area contributed by atoms with E-state index in [0.717, 1.165) is 16.1 Å². The van der Waals surface area contributed by atoms with Gasteiger partial charge in [0.2, 0.25) is 0 Å². The first-order chi connectivity index (χ1) is 9.74. The summed E-state index contributed by atoms with van der Waals surface area (Å²) in [5.41, 5.74) is 2.37. The standard InChI is InChI=1S/C14H11ClFN3S/c15-10-3-4-12(11(16)6-10)17-7-9-8-18-19-14(9)13-2-1-5-20-13/h1-6,8,17H,7H2,(H,18,19). The van der Waals surface area contributed by atoms with Crippen molar-refractivity contribution < 1.29 is 4.39 Å². The maximum Gasteiger partial charge on any atom is 0.147 e. The molecular formula is C14H11ClFN3S. The van der Waals surface area contributed by atoms with Crippen molar-refractivity contribution in [2.24, 2.45) is 0 Å². The monoisotopic (exact) mass is 307 g/mol. The molecule has 6 heteroatoms. The van der Waals surface area contributed by atoms with Gasteiger partial charge in [0, 0.05) is 17.1 Å². The molecule has 0 spiro atoms. The van der Waals surface area contributed by atoms with Gasteiger partial charge in [-0.2, -0.15) is 5.10 Å². The quantitative estimate of drug-likeness (QED) is 0.743. The number of benzene rings is 1. The third-order valence-corrected chi connectivity index (χ3v) is 4.01. The van der Waals surface area contributed by atoms with Crippen molar-refractivity contribution in [3.63, 3.8) is 0 Å². The minimum atomic E-state index is -0.362. The topological polar surface area (TPSA) is 40.7 Å². The SMILES string of the molecule is Fc1cc(Cl)ccc1NCc1cn[nH]c1-c1cccs1. The van der Waals surface area contributed by atoms with Gasteiger partial charge in [0.1, 0.15) is 5.82 Å². The number of hydrogen-bond donors (Lipinski definition) is 2. The summed E-state index contributed by atoms with van der Waals surface area (Å²) in [4.78, 5) is 1.11. The predicted molar refractivity (Wildman–Crippen MR) is 80.6 cm³/mol. The Kier molecular flexibility index (Phi) is 3.71. The van der Waals surface area contributed by atoms with E-state index in [1.807, 2.05) is 17.5 Å². The average Bonchev–Trinajstić information content (AvgIpc) is 3.08. The van der Waals surface area contributed by atoms with Crippen molar-refractivity contribution in [3.8, 4) is 10.6 Å². The highest BCUT2D eigenvalue weighted by Crippen LogP contribution is 2.27. The maximum atomic E-state index is 13.7. The molecule has 20 heavy (non-hydrogen) atoms. The van der Waals surface area contributed by atoms with E-state index in [0.29, 0.717) is 17.3 Å². The second kappa shape index (κ2) is 5.64. The number of thiophene rings is 1. The molecule has 3 aromatic rings. The molecule has 2 N–H and O–H groups in total. The van der Waals surface area contributed by atoms with Crippen LogP contribution in [0.1, 0.15) is 5.56 Å². The Morgan fingerprint density at radius 1 is 1.35 bits per heavy atom. The number of anilines is 1. The molecule has 3 nitrogen and oxygen atoms in total. The molecule has 0 fully saturated rings. The summed E-state index contributed by atoms with van der Waals surface area (Å²) < 4.78 is 13.7. The number of nitrogens with one attached hydrogen (secondary N) is 2. The van der Waals surface area contributed by atoms with Gasteiger partial charge in [0.25, 0.3) is 0 Å². The highest BCUT2D eigenvalue weighted by Gasteiger charge is 2.09. The van der Waals surface area contributed by atoms with E-state index in [4.69, 9.17) is 11.6 Å². The van der Waals surface area contributed by atoms with Crippen LogP contribution in [0, 0.1) is 5.82 Å². The van der Waals surface area contributed by atoms with Crippen molar-refractivity contribution in [1.82, 2.24) is 10.2 Å². The number of halogens is 2. The number of aromatic amines is 1. The van der Waals surface area contributed by atoms with Crippen LogP contribution in [0.5, 0.6) is 0 Å². The molecule has 2 aromatic heterocycles. The van der Waals surface area contributed by atoms with Crippen molar-refractivity contribution in [2.75, 3.05) is 5.32 Å². The summed E-state index contributed by atoms with van der Waals surface area (Å²) in [5.74, 6) is -0.362. The third-order valence-electron chi connectivity index (χ3n) is 2.89. The van der Waals surface area contributed by atoms with Gasteiger partial charge in [-0.1, -0.05) is 17.7 Å². The summed E-state index contributed by atoms with van der Waals surface area (Å²) in [7, 11) is 0. The van der Waals surface area contributed by atoms with Gasteiger partial charge in [-0.15, -0.1) is 11.3 Å². The lowest BCUT2D eigenvalue weighted by Gasteiger charge is -2.07. The number of aromatic nitrogens is 2. The second-order valence-corrected chi connectivity index (χ2v) is 5.61. The van der Waals surface area contributed by atoms with Crippen molar-refractivity contribution in [3.05, 3.63) is 58.3 Å². The first-order valence-corrected chi connectivity index (χ1v) is 7.25. The fourth-order valence-corrected chi connectivity index (χ4v) is 2.82. The van der Waals surface area contributed by atoms with Gasteiger partial charge in [-0.3, -0.25) is 5.10 Å². The van der Waals surface area contributed by atoms with Crippen LogP contribution in [0.4, 0.5) is 10.1 Å². The minimum absolute atomic E-state index is 0.362. The molecule has 0 unspecified atom stereocenters. The molecule has 0 saturated carbocycles. The van der Waals surface area contributed by atoms with Gasteiger partial charge in [-0.25, -0.2) is 4.39 Å². The van der Waals surface area contributed by atoms with E-state index in [-0.39, 0.29) is 5.82 Å². The van der Waals surface area contributed by atoms with Gasteiger partial charge in [0.15, 0.2) is 0 Å². The zero-order valence-electron chi connectivity index (χ0n) is 10.4. The predicted octanol–water partition coefficient (Wildman–Crippen LogP) is 4.54. The maximum absolute atomic E-state index is 13.7. The lowest BCUT2D eigenvalue weighted by Crippen LogP contribution is -2.01. The summed E-state index contributed by atoms with van der Waals surface area (Å²) in [5, 5.41) is 12.5. The molecule has 0 aliphatic rings. The Morgan fingerprint density at radius 3 is 3.00 bits per heavy atom. The molecule has 0 radical (unpaired) electrons. The van der Waals surface area contributed by atoms with Crippen LogP contribution in [0.3, 0.4) is 0 Å². The Bertz CT molecular complexity index is 709. The second-order valence-electron chi connectivity index (χ2n) is 4.23. The molecule has 0 bridgehead atoms. The Morgan fingerprint density at radius 2 is 2.25 bits per heavy atom. The van der Waals surface area contributed by atoms with E-state index in [2.05, 4.69) is 15.5 Å². The zero-order valence-corrected chi connectivity index (χ0v) is 11.9. The van der Waals surface area contributed by atoms with E-state index >= 15 is 0 Å². The molecular weight excluding hydrogens is 297 g/mol. The molecule has 0 aliphatic heterocycles. The molecule has 2 heterocycles. The van der Waals surface area contributed by atoms with Gasteiger partial charge in [-0.05, 0) is 29.6 Å². The van der Waals surface area contributed by atoms with Crippen LogP contribution < -0.4 is 5.32 Å². The highest BCUT2D eigenvalue weighted by molar-refractivity contribution is 7.13. The van der Waals surface area contributed by atoms with Gasteiger partial charge in [0.05, 0.1) is 22.5 Å². The van der Waals surface area contributed by atoms with Crippen LogP contribution in [0.2, 0.25) is 5.02 Å². The molecule has 3 rings (SSSR count). The van der Waals surface area contributed by atoms with Gasteiger partial charge >= 0.3 is 0 Å². The fraction of sp³-hybridized carbons (Fsp3) is 0.0714. The van der Waals surface area contributed by atoms with E-state index in [1.165, 1.54) is 6.07 Å². The summed E-state index contributed by atoms with van der Waals surface area (Å²) in [6.07, 6.45) is 1.75. The van der Waals surface area contributed by atoms with Crippen LogP contribution in [-0.2, 0) is 6.54 Å². The van der Waals surface area contributed by atoms with Crippen molar-refractivity contribution >= 4 is 28.6 Å². The fourth-order valence-electron chi connectivity index (χ4n) is 1.90. The zero-order chi connectivity index (χ0) is 13.9. The third kappa shape index (κ3) is 2.69. The number of nitrogens with zero attached hydrogens (tertiary/aromatic N) is 1. The average molecular weight is 308 g/mol. The number of H-pyrrole nitrogens is 1. The lowest BCUT2D eigenvalue weighted by atomic mass is 10.2.